The summed E-state index contributed by atoms with van der Waals surface area (Å²) in [6.45, 7) is 1.88. The van der Waals surface area contributed by atoms with Crippen molar-refractivity contribution in [2.75, 3.05) is 5.32 Å². The summed E-state index contributed by atoms with van der Waals surface area (Å²) < 4.78 is 1.69. The van der Waals surface area contributed by atoms with Gasteiger partial charge in [-0.05, 0) is 36.8 Å². The van der Waals surface area contributed by atoms with Crippen LogP contribution in [0.15, 0.2) is 35.6 Å². The molecule has 1 aromatic carbocycles. The molecule has 0 aliphatic rings. The van der Waals surface area contributed by atoms with Crippen molar-refractivity contribution in [3.8, 4) is 0 Å². The molecule has 0 saturated heterocycles. The first-order valence-corrected chi connectivity index (χ1v) is 6.78. The number of hydrazone groups is 1. The first-order valence-electron chi connectivity index (χ1n) is 6.37. The molecule has 1 heterocycles. The average Bonchev–Trinajstić information content (AvgIpc) is 2.77. The summed E-state index contributed by atoms with van der Waals surface area (Å²) in [6.07, 6.45) is 3.44. The van der Waals surface area contributed by atoms with Gasteiger partial charge in [-0.25, -0.2) is 0 Å². The van der Waals surface area contributed by atoms with Crippen LogP contribution in [0.2, 0.25) is 0 Å². The summed E-state index contributed by atoms with van der Waals surface area (Å²) in [5.41, 5.74) is 4.99. The van der Waals surface area contributed by atoms with Crippen LogP contribution < -0.4 is 15.8 Å². The maximum Gasteiger partial charge on any atom is 0.191 e. The van der Waals surface area contributed by atoms with Crippen molar-refractivity contribution < 1.29 is 9.90 Å². The van der Waals surface area contributed by atoms with E-state index in [1.54, 1.807) is 23.0 Å². The number of carbonyl (C=O) groups is 1. The third-order valence-corrected chi connectivity index (χ3v) is 2.97. The van der Waals surface area contributed by atoms with Gasteiger partial charge < -0.3 is 15.2 Å². The molecular weight excluding hydrogens is 302 g/mol. The number of rotatable bonds is 4. The van der Waals surface area contributed by atoms with Crippen molar-refractivity contribution >= 4 is 35.2 Å². The van der Waals surface area contributed by atoms with Crippen LogP contribution in [0.25, 0.3) is 0 Å². The molecule has 0 aliphatic heterocycles. The smallest absolute Gasteiger partial charge is 0.191 e. The topological polar surface area (TPSA) is 94.4 Å². The lowest BCUT2D eigenvalue weighted by molar-refractivity contribution is -0.255. The van der Waals surface area contributed by atoms with Crippen molar-refractivity contribution in [3.05, 3.63) is 47.3 Å². The van der Waals surface area contributed by atoms with Gasteiger partial charge in [-0.3, -0.25) is 10.1 Å². The zero-order valence-electron chi connectivity index (χ0n) is 12.0. The fourth-order valence-corrected chi connectivity index (χ4v) is 1.96. The van der Waals surface area contributed by atoms with E-state index in [-0.39, 0.29) is 10.7 Å². The van der Waals surface area contributed by atoms with Gasteiger partial charge in [0.15, 0.2) is 5.11 Å². The van der Waals surface area contributed by atoms with E-state index in [4.69, 9.17) is 12.2 Å². The molecular formula is C14H14N5O2S-. The lowest BCUT2D eigenvalue weighted by Gasteiger charge is -2.09. The fourth-order valence-electron chi connectivity index (χ4n) is 1.79. The van der Waals surface area contributed by atoms with Crippen LogP contribution in [0.4, 0.5) is 5.69 Å². The summed E-state index contributed by atoms with van der Waals surface area (Å²) in [4.78, 5) is 10.8. The number of aromatic nitrogens is 2. The second-order valence-electron chi connectivity index (χ2n) is 4.54. The Morgan fingerprint density at radius 1 is 1.50 bits per heavy atom. The van der Waals surface area contributed by atoms with Crippen LogP contribution in [0.3, 0.4) is 0 Å². The Labute approximate surface area is 132 Å². The number of carboxylic acids is 1. The van der Waals surface area contributed by atoms with Crippen molar-refractivity contribution in [1.82, 2.24) is 15.2 Å². The maximum atomic E-state index is 10.8. The van der Waals surface area contributed by atoms with Crippen LogP contribution in [-0.2, 0) is 7.05 Å². The summed E-state index contributed by atoms with van der Waals surface area (Å²) in [5.74, 6) is -1.24. The van der Waals surface area contributed by atoms with Crippen molar-refractivity contribution in [2.24, 2.45) is 12.1 Å². The van der Waals surface area contributed by atoms with Crippen LogP contribution in [0, 0.1) is 6.92 Å². The number of hydrogen-bond acceptors (Lipinski definition) is 5. The molecule has 114 valence electrons. The Balaban J connectivity index is 1.94. The van der Waals surface area contributed by atoms with E-state index in [0.717, 1.165) is 11.3 Å². The highest BCUT2D eigenvalue weighted by molar-refractivity contribution is 7.80. The van der Waals surface area contributed by atoms with Gasteiger partial charge in [0, 0.05) is 24.5 Å². The number of benzene rings is 1. The molecule has 0 unspecified atom stereocenters. The number of nitrogens with one attached hydrogen (secondary N) is 2. The van der Waals surface area contributed by atoms with Crippen LogP contribution in [-0.4, -0.2) is 27.1 Å². The number of thiocarbonyl (C=S) groups is 1. The van der Waals surface area contributed by atoms with Crippen LogP contribution >= 0.6 is 12.2 Å². The molecule has 2 aromatic rings. The van der Waals surface area contributed by atoms with Gasteiger partial charge in [0.25, 0.3) is 0 Å². The second-order valence-corrected chi connectivity index (χ2v) is 4.94. The molecule has 0 aliphatic carbocycles. The second kappa shape index (κ2) is 6.81. The van der Waals surface area contributed by atoms with Gasteiger partial charge in [0.1, 0.15) is 0 Å². The van der Waals surface area contributed by atoms with E-state index >= 15 is 0 Å². The number of nitrogens with zero attached hydrogens (tertiary/aromatic N) is 3. The molecule has 2 N–H and O–H groups in total. The molecule has 8 heteroatoms. The van der Waals surface area contributed by atoms with Crippen molar-refractivity contribution in [1.29, 1.82) is 0 Å². The van der Waals surface area contributed by atoms with E-state index in [2.05, 4.69) is 20.9 Å². The van der Waals surface area contributed by atoms with Gasteiger partial charge in [-0.15, -0.1) is 0 Å². The number of aryl methyl sites for hydroxylation is 2. The predicted molar refractivity (Wildman–Crippen MR) is 85.7 cm³/mol. The fraction of sp³-hybridized carbons (Fsp3) is 0.143. The third kappa shape index (κ3) is 4.13. The zero-order valence-corrected chi connectivity index (χ0v) is 12.8. The SMILES string of the molecule is Cc1nn(C)cc1/C=N\NC(=S)Nc1cccc(C(=O)[O-])c1. The molecule has 1 aromatic heterocycles. The minimum Gasteiger partial charge on any atom is -0.545 e. The summed E-state index contributed by atoms with van der Waals surface area (Å²) >= 11 is 5.08. The average molecular weight is 316 g/mol. The molecule has 0 fully saturated rings. The summed E-state index contributed by atoms with van der Waals surface area (Å²) in [6, 6.07) is 6.16. The zero-order chi connectivity index (χ0) is 16.1. The lowest BCUT2D eigenvalue weighted by Crippen LogP contribution is -2.25. The normalized spacial score (nSPS) is 10.6. The Morgan fingerprint density at radius 2 is 2.27 bits per heavy atom. The first kappa shape index (κ1) is 15.6. The summed E-state index contributed by atoms with van der Waals surface area (Å²) in [5, 5.41) is 22.1. The monoisotopic (exact) mass is 316 g/mol. The van der Waals surface area contributed by atoms with Gasteiger partial charge in [0.2, 0.25) is 0 Å². The van der Waals surface area contributed by atoms with Gasteiger partial charge in [0.05, 0.1) is 17.9 Å². The molecule has 0 atom stereocenters. The predicted octanol–water partition coefficient (Wildman–Crippen LogP) is 0.413. The lowest BCUT2D eigenvalue weighted by atomic mass is 10.2. The van der Waals surface area contributed by atoms with Gasteiger partial charge in [-0.2, -0.15) is 10.2 Å². The molecule has 22 heavy (non-hydrogen) atoms. The highest BCUT2D eigenvalue weighted by Gasteiger charge is 2.01. The maximum absolute atomic E-state index is 10.8. The molecule has 0 saturated carbocycles. The largest absolute Gasteiger partial charge is 0.545 e. The Morgan fingerprint density at radius 3 is 2.91 bits per heavy atom. The highest BCUT2D eigenvalue weighted by Crippen LogP contribution is 2.09. The summed E-state index contributed by atoms with van der Waals surface area (Å²) in [7, 11) is 1.83. The molecule has 0 amide bonds. The highest BCUT2D eigenvalue weighted by atomic mass is 32.1. The minimum atomic E-state index is -1.24. The van der Waals surface area contributed by atoms with Crippen LogP contribution in [0.1, 0.15) is 21.6 Å². The standard InChI is InChI=1S/C14H15N5O2S/c1-9-11(8-19(2)18-9)7-15-17-14(22)16-12-5-3-4-10(6-12)13(20)21/h3-8H,1-2H3,(H,20,21)(H2,16,17,22)/p-1/b15-7-. The van der Waals surface area contributed by atoms with E-state index in [0.29, 0.717) is 5.69 Å². The van der Waals surface area contributed by atoms with E-state index in [9.17, 15) is 9.90 Å². The van der Waals surface area contributed by atoms with Crippen molar-refractivity contribution in [2.45, 2.75) is 6.92 Å². The Hall–Kier alpha value is -2.74. The molecule has 0 radical (unpaired) electrons. The molecule has 0 spiro atoms. The molecule has 7 nitrogen and oxygen atoms in total. The Kier molecular flexibility index (Phi) is 4.84. The first-order chi connectivity index (χ1) is 10.5. The molecule has 0 bridgehead atoms. The number of carboxylic acid groups (broad SMARTS) is 1. The van der Waals surface area contributed by atoms with Gasteiger partial charge >= 0.3 is 0 Å². The number of anilines is 1. The number of aromatic carboxylic acids is 1. The third-order valence-electron chi connectivity index (χ3n) is 2.78. The number of carbonyl (C=O) groups excluding carboxylic acids is 1. The number of hydrogen-bond donors (Lipinski definition) is 2. The Bertz CT molecular complexity index is 739. The minimum absolute atomic E-state index is 0.0716. The van der Waals surface area contributed by atoms with E-state index < -0.39 is 5.97 Å². The van der Waals surface area contributed by atoms with Crippen molar-refractivity contribution in [3.63, 3.8) is 0 Å². The van der Waals surface area contributed by atoms with E-state index in [1.807, 2.05) is 20.2 Å². The molecule has 2 rings (SSSR count). The van der Waals surface area contributed by atoms with E-state index in [1.165, 1.54) is 12.1 Å². The van der Waals surface area contributed by atoms with Crippen LogP contribution in [0.5, 0.6) is 0 Å². The quantitative estimate of drug-likeness (QED) is 0.482. The van der Waals surface area contributed by atoms with Gasteiger partial charge in [-0.1, -0.05) is 12.1 Å².